The average molecular weight is 405 g/mol. The van der Waals surface area contributed by atoms with Gasteiger partial charge in [0.15, 0.2) is 0 Å². The van der Waals surface area contributed by atoms with E-state index in [-0.39, 0.29) is 16.8 Å². The van der Waals surface area contributed by atoms with Crippen molar-refractivity contribution in [2.45, 2.75) is 43.2 Å². The van der Waals surface area contributed by atoms with Crippen LogP contribution in [-0.4, -0.2) is 37.0 Å². The maximum atomic E-state index is 13.5. The minimum absolute atomic E-state index is 0.132. The Labute approximate surface area is 170 Å². The number of rotatable bonds is 6. The van der Waals surface area contributed by atoms with E-state index in [0.717, 1.165) is 56.1 Å². The molecule has 1 aromatic heterocycles. The smallest absolute Gasteiger partial charge is 0.141 e. The van der Waals surface area contributed by atoms with Crippen molar-refractivity contribution >= 4 is 11.6 Å². The van der Waals surface area contributed by atoms with Crippen molar-refractivity contribution in [1.82, 2.24) is 10.3 Å². The van der Waals surface area contributed by atoms with Crippen molar-refractivity contribution in [1.29, 1.82) is 0 Å². The number of nitrogens with zero attached hydrogens (tertiary/aromatic N) is 1. The molecular weight excluding hydrogens is 379 g/mol. The average Bonchev–Trinajstić information content (AvgIpc) is 3.14. The SMILES string of the molecule is Fc1ccc([C@]2(CCNCc3ccc(Cl)cc3)CCO[C@]3(CCOC3)C2)nc1. The molecule has 2 aliphatic rings. The van der Waals surface area contributed by atoms with Gasteiger partial charge in [0.25, 0.3) is 0 Å². The van der Waals surface area contributed by atoms with E-state index in [1.807, 2.05) is 30.3 Å². The van der Waals surface area contributed by atoms with E-state index in [9.17, 15) is 4.39 Å². The van der Waals surface area contributed by atoms with Crippen LogP contribution in [0.25, 0.3) is 0 Å². The van der Waals surface area contributed by atoms with Crippen LogP contribution in [-0.2, 0) is 21.4 Å². The molecular formula is C22H26ClFN2O2. The fraction of sp³-hybridized carbons (Fsp3) is 0.500. The van der Waals surface area contributed by atoms with Gasteiger partial charge in [-0.1, -0.05) is 23.7 Å². The van der Waals surface area contributed by atoms with Gasteiger partial charge in [0.2, 0.25) is 0 Å². The molecule has 2 saturated heterocycles. The van der Waals surface area contributed by atoms with Crippen LogP contribution in [0.1, 0.15) is 36.9 Å². The van der Waals surface area contributed by atoms with Gasteiger partial charge in [-0.25, -0.2) is 4.39 Å². The van der Waals surface area contributed by atoms with Crippen LogP contribution in [0.3, 0.4) is 0 Å². The molecule has 2 aliphatic heterocycles. The zero-order chi connectivity index (χ0) is 19.5. The summed E-state index contributed by atoms with van der Waals surface area (Å²) in [6.45, 7) is 3.68. The highest BCUT2D eigenvalue weighted by Gasteiger charge is 2.49. The monoisotopic (exact) mass is 404 g/mol. The first kappa shape index (κ1) is 19.8. The highest BCUT2D eigenvalue weighted by atomic mass is 35.5. The number of aromatic nitrogens is 1. The number of pyridine rings is 1. The third kappa shape index (κ3) is 4.38. The molecule has 2 fully saturated rings. The minimum atomic E-state index is -0.300. The van der Waals surface area contributed by atoms with Crippen molar-refractivity contribution in [3.8, 4) is 0 Å². The van der Waals surface area contributed by atoms with Gasteiger partial charge in [-0.2, -0.15) is 0 Å². The Balaban J connectivity index is 1.47. The molecule has 1 spiro atoms. The lowest BCUT2D eigenvalue weighted by Gasteiger charge is -2.45. The van der Waals surface area contributed by atoms with Gasteiger partial charge in [-0.3, -0.25) is 4.98 Å². The highest BCUT2D eigenvalue weighted by Crippen LogP contribution is 2.46. The first-order valence-corrected chi connectivity index (χ1v) is 10.3. The van der Waals surface area contributed by atoms with Crippen LogP contribution >= 0.6 is 11.6 Å². The van der Waals surface area contributed by atoms with Gasteiger partial charge in [-0.15, -0.1) is 0 Å². The Morgan fingerprint density at radius 3 is 2.68 bits per heavy atom. The second kappa shape index (κ2) is 8.46. The number of benzene rings is 1. The lowest BCUT2D eigenvalue weighted by Crippen LogP contribution is -2.49. The zero-order valence-corrected chi connectivity index (χ0v) is 16.7. The first-order valence-electron chi connectivity index (χ1n) is 9.88. The Kier molecular flexibility index (Phi) is 5.97. The number of hydrogen-bond donors (Lipinski definition) is 1. The molecule has 4 rings (SSSR count). The molecule has 6 heteroatoms. The second-order valence-electron chi connectivity index (χ2n) is 7.96. The van der Waals surface area contributed by atoms with E-state index in [2.05, 4.69) is 10.3 Å². The van der Waals surface area contributed by atoms with Gasteiger partial charge in [0.05, 0.1) is 18.4 Å². The fourth-order valence-corrected chi connectivity index (χ4v) is 4.60. The number of hydrogen-bond acceptors (Lipinski definition) is 4. The molecule has 0 radical (unpaired) electrons. The molecule has 1 aromatic carbocycles. The summed E-state index contributed by atoms with van der Waals surface area (Å²) in [6, 6.07) is 11.2. The highest BCUT2D eigenvalue weighted by molar-refractivity contribution is 6.30. The molecule has 3 heterocycles. The fourth-order valence-electron chi connectivity index (χ4n) is 4.47. The molecule has 0 amide bonds. The van der Waals surface area contributed by atoms with Crippen molar-refractivity contribution in [2.24, 2.45) is 0 Å². The van der Waals surface area contributed by atoms with E-state index < -0.39 is 0 Å². The lowest BCUT2D eigenvalue weighted by atomic mass is 9.68. The summed E-state index contributed by atoms with van der Waals surface area (Å²) in [5.41, 5.74) is 1.79. The van der Waals surface area contributed by atoms with E-state index in [0.29, 0.717) is 13.2 Å². The van der Waals surface area contributed by atoms with Crippen LogP contribution in [0.5, 0.6) is 0 Å². The summed E-state index contributed by atoms with van der Waals surface area (Å²) in [6.07, 6.45) is 4.90. The lowest BCUT2D eigenvalue weighted by molar-refractivity contribution is -0.109. The maximum absolute atomic E-state index is 13.5. The summed E-state index contributed by atoms with van der Waals surface area (Å²) in [5.74, 6) is -0.300. The van der Waals surface area contributed by atoms with Crippen LogP contribution in [0, 0.1) is 5.82 Å². The number of ether oxygens (including phenoxy) is 2. The van der Waals surface area contributed by atoms with Gasteiger partial charge < -0.3 is 14.8 Å². The predicted molar refractivity (Wildman–Crippen MR) is 107 cm³/mol. The Morgan fingerprint density at radius 2 is 1.96 bits per heavy atom. The molecule has 0 aliphatic carbocycles. The standard InChI is InChI=1S/C22H26ClFN2O2/c23-18-3-1-17(2-4-18)13-25-10-7-21(20-6-5-19(24)14-26-20)8-12-28-22(15-21)9-11-27-16-22/h1-6,14,25H,7-13,15-16H2/t21-,22-/m1/s1. The largest absolute Gasteiger partial charge is 0.378 e. The van der Waals surface area contributed by atoms with Gasteiger partial charge in [0.1, 0.15) is 5.82 Å². The zero-order valence-electron chi connectivity index (χ0n) is 15.9. The van der Waals surface area contributed by atoms with Crippen LogP contribution in [0.4, 0.5) is 4.39 Å². The van der Waals surface area contributed by atoms with Crippen LogP contribution in [0.2, 0.25) is 5.02 Å². The predicted octanol–water partition coefficient (Wildman–Crippen LogP) is 4.26. The normalized spacial score (nSPS) is 27.4. The van der Waals surface area contributed by atoms with E-state index in [4.69, 9.17) is 21.1 Å². The van der Waals surface area contributed by atoms with Crippen LogP contribution in [0.15, 0.2) is 42.6 Å². The molecule has 0 unspecified atom stereocenters. The number of nitrogens with one attached hydrogen (secondary N) is 1. The van der Waals surface area contributed by atoms with E-state index in [1.165, 1.54) is 17.8 Å². The third-order valence-corrected chi connectivity index (χ3v) is 6.26. The second-order valence-corrected chi connectivity index (χ2v) is 8.39. The summed E-state index contributed by atoms with van der Waals surface area (Å²) in [7, 11) is 0. The minimum Gasteiger partial charge on any atom is -0.378 e. The summed E-state index contributed by atoms with van der Waals surface area (Å²) in [4.78, 5) is 4.46. The van der Waals surface area contributed by atoms with E-state index >= 15 is 0 Å². The summed E-state index contributed by atoms with van der Waals surface area (Å²) < 4.78 is 25.3. The Hall–Kier alpha value is -1.53. The molecule has 4 nitrogen and oxygen atoms in total. The molecule has 2 aromatic rings. The first-order chi connectivity index (χ1) is 13.6. The third-order valence-electron chi connectivity index (χ3n) is 6.01. The molecule has 150 valence electrons. The molecule has 0 bridgehead atoms. The topological polar surface area (TPSA) is 43.4 Å². The quantitative estimate of drug-likeness (QED) is 0.730. The molecule has 28 heavy (non-hydrogen) atoms. The van der Waals surface area contributed by atoms with Crippen LogP contribution < -0.4 is 5.32 Å². The molecule has 0 saturated carbocycles. The van der Waals surface area contributed by atoms with E-state index in [1.54, 1.807) is 0 Å². The van der Waals surface area contributed by atoms with Crippen molar-refractivity contribution in [3.63, 3.8) is 0 Å². The van der Waals surface area contributed by atoms with Gasteiger partial charge in [-0.05, 0) is 55.6 Å². The van der Waals surface area contributed by atoms with Crippen molar-refractivity contribution < 1.29 is 13.9 Å². The summed E-state index contributed by atoms with van der Waals surface area (Å²) >= 11 is 5.95. The summed E-state index contributed by atoms with van der Waals surface area (Å²) in [5, 5.41) is 4.28. The Morgan fingerprint density at radius 1 is 1.11 bits per heavy atom. The van der Waals surface area contributed by atoms with Gasteiger partial charge >= 0.3 is 0 Å². The number of halogens is 2. The van der Waals surface area contributed by atoms with Gasteiger partial charge in [0, 0.05) is 42.3 Å². The Bertz CT molecular complexity index is 778. The van der Waals surface area contributed by atoms with Crippen molar-refractivity contribution in [3.05, 3.63) is 64.7 Å². The molecule has 1 N–H and O–H groups in total. The maximum Gasteiger partial charge on any atom is 0.141 e. The van der Waals surface area contributed by atoms with Crippen molar-refractivity contribution in [2.75, 3.05) is 26.4 Å². The molecule has 2 atom stereocenters.